The molecule has 5 nitrogen and oxygen atoms in total. The number of sulfonamides is 1. The van der Waals surface area contributed by atoms with Crippen LogP contribution in [0.3, 0.4) is 0 Å². The van der Waals surface area contributed by atoms with Crippen LogP contribution in [-0.2, 0) is 10.0 Å². The highest BCUT2D eigenvalue weighted by Gasteiger charge is 2.19. The Balaban J connectivity index is 2.46. The number of halogens is 1. The van der Waals surface area contributed by atoms with Crippen LogP contribution < -0.4 is 10.5 Å². The first-order valence-electron chi connectivity index (χ1n) is 5.40. The lowest BCUT2D eigenvalue weighted by Gasteiger charge is -2.12. The molecular formula is C12H12ClN3O2S. The van der Waals surface area contributed by atoms with Gasteiger partial charge in [0.15, 0.2) is 5.15 Å². The summed E-state index contributed by atoms with van der Waals surface area (Å²) in [6.45, 7) is 1.74. The van der Waals surface area contributed by atoms with E-state index < -0.39 is 10.0 Å². The third-order valence-corrected chi connectivity index (χ3v) is 4.27. The van der Waals surface area contributed by atoms with Gasteiger partial charge in [-0.2, -0.15) is 0 Å². The smallest absolute Gasteiger partial charge is 0.264 e. The number of nitrogen functional groups attached to an aromatic ring is 1. The lowest BCUT2D eigenvalue weighted by molar-refractivity contribution is 0.601. The van der Waals surface area contributed by atoms with Crippen LogP contribution in [0.25, 0.3) is 0 Å². The molecule has 2 aromatic rings. The van der Waals surface area contributed by atoms with Gasteiger partial charge in [0.2, 0.25) is 0 Å². The van der Waals surface area contributed by atoms with Crippen molar-refractivity contribution in [1.82, 2.24) is 4.98 Å². The summed E-state index contributed by atoms with van der Waals surface area (Å²) in [7, 11) is -3.79. The number of aromatic nitrogens is 1. The Labute approximate surface area is 116 Å². The molecule has 1 aromatic carbocycles. The van der Waals surface area contributed by atoms with E-state index in [2.05, 4.69) is 9.71 Å². The molecule has 0 saturated heterocycles. The second kappa shape index (κ2) is 5.07. The molecule has 19 heavy (non-hydrogen) atoms. The molecule has 1 aromatic heterocycles. The Bertz CT molecular complexity index is 696. The SMILES string of the molecule is Cc1ccnc(Cl)c1NS(=O)(=O)c1ccccc1N. The number of hydrogen-bond acceptors (Lipinski definition) is 4. The zero-order chi connectivity index (χ0) is 14.0. The normalized spacial score (nSPS) is 11.3. The highest BCUT2D eigenvalue weighted by Crippen LogP contribution is 2.27. The van der Waals surface area contributed by atoms with Gasteiger partial charge in [-0.3, -0.25) is 4.72 Å². The number of nitrogens with two attached hydrogens (primary N) is 1. The zero-order valence-corrected chi connectivity index (χ0v) is 11.7. The predicted octanol–water partition coefficient (Wildman–Crippen LogP) is 2.43. The van der Waals surface area contributed by atoms with E-state index in [0.29, 0.717) is 5.56 Å². The maximum Gasteiger partial charge on any atom is 0.264 e. The molecule has 0 aliphatic carbocycles. The average Bonchev–Trinajstić information content (AvgIpc) is 2.34. The number of hydrogen-bond donors (Lipinski definition) is 2. The molecule has 0 atom stereocenters. The van der Waals surface area contributed by atoms with E-state index in [1.165, 1.54) is 18.3 Å². The van der Waals surface area contributed by atoms with E-state index >= 15 is 0 Å². The van der Waals surface area contributed by atoms with E-state index in [1.807, 2.05) is 0 Å². The van der Waals surface area contributed by atoms with Crippen LogP contribution in [0.15, 0.2) is 41.4 Å². The van der Waals surface area contributed by atoms with Crippen molar-refractivity contribution in [2.75, 3.05) is 10.5 Å². The Morgan fingerprint density at radius 3 is 2.58 bits per heavy atom. The van der Waals surface area contributed by atoms with Gasteiger partial charge in [0.1, 0.15) is 4.90 Å². The van der Waals surface area contributed by atoms with E-state index in [4.69, 9.17) is 17.3 Å². The fourth-order valence-corrected chi connectivity index (χ4v) is 3.14. The lowest BCUT2D eigenvalue weighted by atomic mass is 10.3. The number of aryl methyl sites for hydroxylation is 1. The quantitative estimate of drug-likeness (QED) is 0.673. The van der Waals surface area contributed by atoms with Crippen LogP contribution >= 0.6 is 11.6 Å². The minimum absolute atomic E-state index is 0.00863. The first-order chi connectivity index (χ1) is 8.92. The van der Waals surface area contributed by atoms with Gasteiger partial charge in [-0.1, -0.05) is 23.7 Å². The van der Waals surface area contributed by atoms with Crippen molar-refractivity contribution in [3.05, 3.63) is 47.2 Å². The van der Waals surface area contributed by atoms with Crippen LogP contribution in [0.5, 0.6) is 0 Å². The first kappa shape index (κ1) is 13.6. The fourth-order valence-electron chi connectivity index (χ4n) is 1.56. The largest absolute Gasteiger partial charge is 0.398 e. The number of para-hydroxylation sites is 1. The molecule has 7 heteroatoms. The Hall–Kier alpha value is -1.79. The molecule has 0 spiro atoms. The number of anilines is 2. The summed E-state index contributed by atoms with van der Waals surface area (Å²) in [5.74, 6) is 0. The van der Waals surface area contributed by atoms with Crippen LogP contribution in [0.1, 0.15) is 5.56 Å². The summed E-state index contributed by atoms with van der Waals surface area (Å²) < 4.78 is 26.9. The Morgan fingerprint density at radius 1 is 1.26 bits per heavy atom. The van der Waals surface area contributed by atoms with Gasteiger partial charge >= 0.3 is 0 Å². The van der Waals surface area contributed by atoms with Gasteiger partial charge in [0.25, 0.3) is 10.0 Å². The number of pyridine rings is 1. The van der Waals surface area contributed by atoms with Crippen LogP contribution in [0, 0.1) is 6.92 Å². The molecule has 0 unspecified atom stereocenters. The van der Waals surface area contributed by atoms with Gasteiger partial charge in [0, 0.05) is 6.20 Å². The van der Waals surface area contributed by atoms with Gasteiger partial charge in [-0.05, 0) is 30.7 Å². The molecule has 0 radical (unpaired) electrons. The second-order valence-electron chi connectivity index (χ2n) is 3.94. The van der Waals surface area contributed by atoms with E-state index in [9.17, 15) is 8.42 Å². The standard InChI is InChI=1S/C12H12ClN3O2S/c1-8-6-7-15-12(13)11(8)16-19(17,18)10-5-3-2-4-9(10)14/h2-7,16H,14H2,1H3. The molecule has 0 amide bonds. The topological polar surface area (TPSA) is 85.1 Å². The van der Waals surface area contributed by atoms with Crippen molar-refractivity contribution in [3.63, 3.8) is 0 Å². The van der Waals surface area contributed by atoms with Crippen LogP contribution in [0.4, 0.5) is 11.4 Å². The van der Waals surface area contributed by atoms with Gasteiger partial charge < -0.3 is 5.73 Å². The van der Waals surface area contributed by atoms with Crippen molar-refractivity contribution in [2.24, 2.45) is 0 Å². The predicted molar refractivity (Wildman–Crippen MR) is 75.6 cm³/mol. The van der Waals surface area contributed by atoms with Gasteiger partial charge in [-0.25, -0.2) is 13.4 Å². The van der Waals surface area contributed by atoms with Crippen molar-refractivity contribution in [2.45, 2.75) is 11.8 Å². The second-order valence-corrected chi connectivity index (χ2v) is 5.95. The van der Waals surface area contributed by atoms with Gasteiger partial charge in [-0.15, -0.1) is 0 Å². The number of nitrogens with one attached hydrogen (secondary N) is 1. The maximum atomic E-state index is 12.2. The summed E-state index contributed by atoms with van der Waals surface area (Å²) >= 11 is 5.89. The Kier molecular flexibility index (Phi) is 3.64. The molecule has 3 N–H and O–H groups in total. The first-order valence-corrected chi connectivity index (χ1v) is 7.26. The molecule has 0 aliphatic rings. The monoisotopic (exact) mass is 297 g/mol. The fraction of sp³-hybridized carbons (Fsp3) is 0.0833. The van der Waals surface area contributed by atoms with Gasteiger partial charge in [0.05, 0.1) is 11.4 Å². The number of benzene rings is 1. The van der Waals surface area contributed by atoms with Crippen molar-refractivity contribution >= 4 is 33.0 Å². The summed E-state index contributed by atoms with van der Waals surface area (Å²) in [6, 6.07) is 7.88. The molecule has 0 aliphatic heterocycles. The third-order valence-electron chi connectivity index (χ3n) is 2.56. The molecule has 2 rings (SSSR count). The molecule has 0 fully saturated rings. The molecule has 1 heterocycles. The highest BCUT2D eigenvalue weighted by molar-refractivity contribution is 7.92. The minimum atomic E-state index is -3.79. The molecule has 0 bridgehead atoms. The number of rotatable bonds is 3. The Morgan fingerprint density at radius 2 is 1.95 bits per heavy atom. The number of nitrogens with zero attached hydrogens (tertiary/aromatic N) is 1. The molecule has 100 valence electrons. The summed E-state index contributed by atoms with van der Waals surface area (Å²) in [4.78, 5) is 3.86. The zero-order valence-electron chi connectivity index (χ0n) is 10.1. The average molecular weight is 298 g/mol. The summed E-state index contributed by atoms with van der Waals surface area (Å²) in [5, 5.41) is 0.0954. The van der Waals surface area contributed by atoms with Crippen LogP contribution in [0.2, 0.25) is 5.15 Å². The van der Waals surface area contributed by atoms with Crippen molar-refractivity contribution < 1.29 is 8.42 Å². The van der Waals surface area contributed by atoms with E-state index in [-0.39, 0.29) is 21.4 Å². The molecule has 0 saturated carbocycles. The van der Waals surface area contributed by atoms with E-state index in [1.54, 1.807) is 25.1 Å². The summed E-state index contributed by atoms with van der Waals surface area (Å²) in [5.41, 5.74) is 6.78. The van der Waals surface area contributed by atoms with Crippen molar-refractivity contribution in [3.8, 4) is 0 Å². The minimum Gasteiger partial charge on any atom is -0.398 e. The van der Waals surface area contributed by atoms with E-state index in [0.717, 1.165) is 0 Å². The maximum absolute atomic E-state index is 12.2. The summed E-state index contributed by atoms with van der Waals surface area (Å²) in [6.07, 6.45) is 1.51. The third kappa shape index (κ3) is 2.80. The highest BCUT2D eigenvalue weighted by atomic mass is 35.5. The lowest BCUT2D eigenvalue weighted by Crippen LogP contribution is -2.16. The van der Waals surface area contributed by atoms with Crippen molar-refractivity contribution in [1.29, 1.82) is 0 Å². The van der Waals surface area contributed by atoms with Crippen LogP contribution in [-0.4, -0.2) is 13.4 Å². The molecular weight excluding hydrogens is 286 g/mol.